The molecule has 0 aromatic rings. The molecule has 212 valence electrons. The van der Waals surface area contributed by atoms with E-state index in [9.17, 15) is 9.90 Å². The van der Waals surface area contributed by atoms with Crippen LogP contribution in [0.5, 0.6) is 0 Å². The van der Waals surface area contributed by atoms with Crippen molar-refractivity contribution in [3.05, 3.63) is 0 Å². The Morgan fingerprint density at radius 2 is 0.971 bits per heavy atom. The average molecular weight is 502 g/mol. The van der Waals surface area contributed by atoms with Crippen molar-refractivity contribution in [2.24, 2.45) is 0 Å². The minimum absolute atomic E-state index is 0.148. The molecule has 4 N–H and O–H groups in total. The summed E-state index contributed by atoms with van der Waals surface area (Å²) in [6.45, 7) is 5.41. The molecular formula is C30H63NO4. The fourth-order valence-corrected chi connectivity index (χ4v) is 4.35. The zero-order chi connectivity index (χ0) is 26.2. The highest BCUT2D eigenvalue weighted by atomic mass is 16.4. The Kier molecular flexibility index (Phi) is 34.8. The van der Waals surface area contributed by atoms with Crippen molar-refractivity contribution >= 4 is 5.97 Å². The predicted octanol–water partition coefficient (Wildman–Crippen LogP) is 8.01. The predicted molar refractivity (Wildman–Crippen MR) is 151 cm³/mol. The number of rotatable bonds is 27. The summed E-state index contributed by atoms with van der Waals surface area (Å²) in [5.74, 6) is -0.659. The number of aliphatic carboxylic acids is 1. The molecule has 0 aliphatic carbocycles. The van der Waals surface area contributed by atoms with Gasteiger partial charge in [0.15, 0.2) is 0 Å². The number of carboxylic acid groups (broad SMARTS) is 1. The Morgan fingerprint density at radius 1 is 0.600 bits per heavy atom. The van der Waals surface area contributed by atoms with Crippen molar-refractivity contribution in [3.8, 4) is 0 Å². The van der Waals surface area contributed by atoms with Crippen LogP contribution in [0.3, 0.4) is 0 Å². The standard InChI is InChI=1S/C18H39NO2.C12H24O2/c1-2-3-4-5-6-7-8-9-10-11-12-13-14-18(17-21)19-15-16-20;1-2-3-4-5-6-7-8-9-10-11-12(13)14/h18-21H,2-17H2,1H3;2-11H2,1H3,(H,13,14). The van der Waals surface area contributed by atoms with Crippen molar-refractivity contribution in [1.82, 2.24) is 5.32 Å². The molecule has 0 aliphatic heterocycles. The van der Waals surface area contributed by atoms with Gasteiger partial charge in [0.1, 0.15) is 0 Å². The van der Waals surface area contributed by atoms with Crippen molar-refractivity contribution in [1.29, 1.82) is 0 Å². The molecular weight excluding hydrogens is 438 g/mol. The Balaban J connectivity index is 0. The molecule has 1 unspecified atom stereocenters. The molecule has 1 atom stereocenters. The van der Waals surface area contributed by atoms with E-state index in [2.05, 4.69) is 19.2 Å². The summed E-state index contributed by atoms with van der Waals surface area (Å²) in [6, 6.07) is 0.167. The molecule has 5 nitrogen and oxygen atoms in total. The zero-order valence-corrected chi connectivity index (χ0v) is 23.7. The summed E-state index contributed by atoms with van der Waals surface area (Å²) in [6.07, 6.45) is 28.9. The van der Waals surface area contributed by atoms with Crippen LogP contribution in [-0.2, 0) is 4.79 Å². The number of hydrogen-bond acceptors (Lipinski definition) is 4. The first-order chi connectivity index (χ1) is 17.1. The fraction of sp³-hybridized carbons (Fsp3) is 0.967. The monoisotopic (exact) mass is 501 g/mol. The number of carboxylic acids is 1. The van der Waals surface area contributed by atoms with Gasteiger partial charge < -0.3 is 20.6 Å². The number of carbonyl (C=O) groups is 1. The van der Waals surface area contributed by atoms with E-state index in [1.807, 2.05) is 0 Å². The third-order valence-electron chi connectivity index (χ3n) is 6.67. The summed E-state index contributed by atoms with van der Waals surface area (Å²) in [4.78, 5) is 10.2. The number of aliphatic hydroxyl groups excluding tert-OH is 2. The lowest BCUT2D eigenvalue weighted by molar-refractivity contribution is -0.137. The normalized spacial score (nSPS) is 11.8. The number of hydrogen-bond donors (Lipinski definition) is 4. The Labute approximate surface area is 218 Å². The number of nitrogens with one attached hydrogen (secondary N) is 1. The van der Waals surface area contributed by atoms with E-state index in [0.29, 0.717) is 13.0 Å². The summed E-state index contributed by atoms with van der Waals surface area (Å²) in [5, 5.41) is 29.5. The maximum atomic E-state index is 10.2. The Bertz CT molecular complexity index is 393. The van der Waals surface area contributed by atoms with Crippen LogP contribution in [0.1, 0.15) is 162 Å². The molecule has 0 aromatic heterocycles. The van der Waals surface area contributed by atoms with Gasteiger partial charge in [-0.15, -0.1) is 0 Å². The lowest BCUT2D eigenvalue weighted by atomic mass is 10.0. The SMILES string of the molecule is CCCCCCCCCCCC(=O)O.CCCCCCCCCCCCCCC(CO)NCCO. The maximum absolute atomic E-state index is 10.2. The van der Waals surface area contributed by atoms with Crippen LogP contribution in [0, 0.1) is 0 Å². The van der Waals surface area contributed by atoms with E-state index >= 15 is 0 Å². The second-order valence-electron chi connectivity index (χ2n) is 10.2. The van der Waals surface area contributed by atoms with Gasteiger partial charge in [-0.2, -0.15) is 0 Å². The molecule has 0 spiro atoms. The molecule has 0 amide bonds. The van der Waals surface area contributed by atoms with Gasteiger partial charge in [-0.1, -0.05) is 142 Å². The highest BCUT2D eigenvalue weighted by Crippen LogP contribution is 2.13. The van der Waals surface area contributed by atoms with E-state index in [4.69, 9.17) is 10.2 Å². The molecule has 0 bridgehead atoms. The molecule has 5 heteroatoms. The van der Waals surface area contributed by atoms with Crippen LogP contribution in [0.15, 0.2) is 0 Å². The first-order valence-electron chi connectivity index (χ1n) is 15.3. The summed E-state index contributed by atoms with van der Waals surface area (Å²) >= 11 is 0. The van der Waals surface area contributed by atoms with Crippen molar-refractivity contribution in [3.63, 3.8) is 0 Å². The second kappa shape index (κ2) is 33.4. The fourth-order valence-electron chi connectivity index (χ4n) is 4.35. The first kappa shape index (κ1) is 36.5. The van der Waals surface area contributed by atoms with E-state index < -0.39 is 5.97 Å². The van der Waals surface area contributed by atoms with E-state index in [-0.39, 0.29) is 19.3 Å². The third kappa shape index (κ3) is 35.6. The van der Waals surface area contributed by atoms with Crippen molar-refractivity contribution in [2.75, 3.05) is 19.8 Å². The first-order valence-corrected chi connectivity index (χ1v) is 15.3. The van der Waals surface area contributed by atoms with Crippen LogP contribution >= 0.6 is 0 Å². The summed E-state index contributed by atoms with van der Waals surface area (Å²) < 4.78 is 0. The van der Waals surface area contributed by atoms with Gasteiger partial charge in [-0.25, -0.2) is 0 Å². The quantitative estimate of drug-likeness (QED) is 0.0856. The van der Waals surface area contributed by atoms with E-state index in [1.54, 1.807) is 0 Å². The molecule has 0 heterocycles. The van der Waals surface area contributed by atoms with Crippen LogP contribution < -0.4 is 5.32 Å². The van der Waals surface area contributed by atoms with Gasteiger partial charge in [0, 0.05) is 19.0 Å². The van der Waals surface area contributed by atoms with Crippen molar-refractivity contribution < 1.29 is 20.1 Å². The zero-order valence-electron chi connectivity index (χ0n) is 23.7. The van der Waals surface area contributed by atoms with E-state index in [1.165, 1.54) is 122 Å². The largest absolute Gasteiger partial charge is 0.481 e. The summed E-state index contributed by atoms with van der Waals surface area (Å²) in [7, 11) is 0. The molecule has 0 fully saturated rings. The summed E-state index contributed by atoms with van der Waals surface area (Å²) in [5.41, 5.74) is 0. The molecule has 0 aliphatic rings. The highest BCUT2D eigenvalue weighted by Gasteiger charge is 2.05. The van der Waals surface area contributed by atoms with Crippen LogP contribution in [0.25, 0.3) is 0 Å². The second-order valence-corrected chi connectivity index (χ2v) is 10.2. The molecule has 35 heavy (non-hydrogen) atoms. The average Bonchev–Trinajstić information content (AvgIpc) is 2.85. The van der Waals surface area contributed by atoms with Gasteiger partial charge in [-0.05, 0) is 12.8 Å². The van der Waals surface area contributed by atoms with Crippen molar-refractivity contribution in [2.45, 2.75) is 168 Å². The molecule has 0 radical (unpaired) electrons. The lowest BCUT2D eigenvalue weighted by Gasteiger charge is -2.15. The van der Waals surface area contributed by atoms with Crippen LogP contribution in [0.2, 0.25) is 0 Å². The molecule has 0 rings (SSSR count). The maximum Gasteiger partial charge on any atom is 0.303 e. The molecule has 0 saturated heterocycles. The van der Waals surface area contributed by atoms with Gasteiger partial charge in [-0.3, -0.25) is 4.79 Å². The van der Waals surface area contributed by atoms with Crippen LogP contribution in [0.4, 0.5) is 0 Å². The Hall–Kier alpha value is -0.650. The number of unbranched alkanes of at least 4 members (excludes halogenated alkanes) is 19. The van der Waals surface area contributed by atoms with E-state index in [0.717, 1.165) is 19.3 Å². The lowest BCUT2D eigenvalue weighted by Crippen LogP contribution is -2.34. The number of aliphatic hydroxyl groups is 2. The van der Waals surface area contributed by atoms with Gasteiger partial charge >= 0.3 is 5.97 Å². The minimum atomic E-state index is -0.659. The minimum Gasteiger partial charge on any atom is -0.481 e. The highest BCUT2D eigenvalue weighted by molar-refractivity contribution is 5.66. The molecule has 0 aromatic carbocycles. The van der Waals surface area contributed by atoms with Gasteiger partial charge in [0.25, 0.3) is 0 Å². The molecule has 0 saturated carbocycles. The Morgan fingerprint density at radius 3 is 1.31 bits per heavy atom. The smallest absolute Gasteiger partial charge is 0.303 e. The topological polar surface area (TPSA) is 89.8 Å². The third-order valence-corrected chi connectivity index (χ3v) is 6.67. The van der Waals surface area contributed by atoms with Crippen LogP contribution in [-0.4, -0.2) is 47.1 Å². The van der Waals surface area contributed by atoms with Gasteiger partial charge in [0.2, 0.25) is 0 Å². The van der Waals surface area contributed by atoms with Gasteiger partial charge in [0.05, 0.1) is 13.2 Å².